The predicted octanol–water partition coefficient (Wildman–Crippen LogP) is 1.000. The van der Waals surface area contributed by atoms with E-state index in [2.05, 4.69) is 0 Å². The molecule has 2 unspecified atom stereocenters. The normalized spacial score (nSPS) is 23.8. The van der Waals surface area contributed by atoms with E-state index in [1.807, 2.05) is 24.3 Å². The summed E-state index contributed by atoms with van der Waals surface area (Å²) < 4.78 is 28.2. The number of nitrogens with two attached hydrogens (primary N) is 1. The standard InChI is InChI=1S/C13H19NO3S/c1-17-13-5-3-2-4-10(13)8-12(14)11-6-7-18(15,16)9-11/h2-5,11-12H,6-9,14H2,1H3. The fourth-order valence-electron chi connectivity index (χ4n) is 2.45. The Kier molecular flexibility index (Phi) is 3.92. The first-order valence-corrected chi connectivity index (χ1v) is 7.92. The number of ether oxygens (including phenoxy) is 1. The molecule has 2 atom stereocenters. The third kappa shape index (κ3) is 3.03. The van der Waals surface area contributed by atoms with Crippen molar-refractivity contribution in [3.05, 3.63) is 29.8 Å². The highest BCUT2D eigenvalue weighted by Crippen LogP contribution is 2.25. The molecule has 5 heteroatoms. The second-order valence-electron chi connectivity index (χ2n) is 4.84. The lowest BCUT2D eigenvalue weighted by Gasteiger charge is -2.19. The van der Waals surface area contributed by atoms with E-state index in [4.69, 9.17) is 10.5 Å². The average molecular weight is 269 g/mol. The van der Waals surface area contributed by atoms with Gasteiger partial charge >= 0.3 is 0 Å². The van der Waals surface area contributed by atoms with Crippen LogP contribution in [0.25, 0.3) is 0 Å². The van der Waals surface area contributed by atoms with E-state index in [0.29, 0.717) is 12.8 Å². The highest BCUT2D eigenvalue weighted by molar-refractivity contribution is 7.91. The van der Waals surface area contributed by atoms with E-state index in [9.17, 15) is 8.42 Å². The molecule has 1 aromatic carbocycles. The first-order chi connectivity index (χ1) is 8.52. The quantitative estimate of drug-likeness (QED) is 0.885. The van der Waals surface area contributed by atoms with Gasteiger partial charge in [-0.3, -0.25) is 0 Å². The maximum atomic E-state index is 11.4. The van der Waals surface area contributed by atoms with E-state index in [-0.39, 0.29) is 23.5 Å². The van der Waals surface area contributed by atoms with Crippen LogP contribution in [0.4, 0.5) is 0 Å². The Morgan fingerprint density at radius 2 is 2.17 bits per heavy atom. The molecule has 4 nitrogen and oxygen atoms in total. The molecule has 0 bridgehead atoms. The van der Waals surface area contributed by atoms with Gasteiger partial charge in [0.15, 0.2) is 9.84 Å². The molecule has 2 rings (SSSR count). The lowest BCUT2D eigenvalue weighted by molar-refractivity contribution is 0.400. The van der Waals surface area contributed by atoms with Gasteiger partial charge in [0.05, 0.1) is 18.6 Å². The minimum absolute atomic E-state index is 0.0694. The van der Waals surface area contributed by atoms with Gasteiger partial charge in [-0.05, 0) is 30.4 Å². The van der Waals surface area contributed by atoms with Crippen molar-refractivity contribution < 1.29 is 13.2 Å². The van der Waals surface area contributed by atoms with Gasteiger partial charge in [-0.2, -0.15) is 0 Å². The maximum Gasteiger partial charge on any atom is 0.150 e. The van der Waals surface area contributed by atoms with Gasteiger partial charge in [-0.15, -0.1) is 0 Å². The van der Waals surface area contributed by atoms with Gasteiger partial charge in [0.25, 0.3) is 0 Å². The molecule has 1 fully saturated rings. The first-order valence-electron chi connectivity index (χ1n) is 6.10. The van der Waals surface area contributed by atoms with Gasteiger partial charge in [0.2, 0.25) is 0 Å². The second kappa shape index (κ2) is 5.28. The highest BCUT2D eigenvalue weighted by atomic mass is 32.2. The molecule has 1 heterocycles. The van der Waals surface area contributed by atoms with Crippen molar-refractivity contribution in [2.24, 2.45) is 11.7 Å². The third-order valence-electron chi connectivity index (χ3n) is 3.52. The van der Waals surface area contributed by atoms with Crippen molar-refractivity contribution in [2.45, 2.75) is 18.9 Å². The topological polar surface area (TPSA) is 69.4 Å². The summed E-state index contributed by atoms with van der Waals surface area (Å²) >= 11 is 0. The minimum Gasteiger partial charge on any atom is -0.496 e. The van der Waals surface area contributed by atoms with E-state index in [1.165, 1.54) is 0 Å². The minimum atomic E-state index is -2.86. The predicted molar refractivity (Wildman–Crippen MR) is 71.4 cm³/mol. The Labute approximate surface area is 108 Å². The molecule has 0 spiro atoms. The molecule has 18 heavy (non-hydrogen) atoms. The highest BCUT2D eigenvalue weighted by Gasteiger charge is 2.32. The van der Waals surface area contributed by atoms with Crippen LogP contribution in [0.2, 0.25) is 0 Å². The van der Waals surface area contributed by atoms with Crippen molar-refractivity contribution >= 4 is 9.84 Å². The van der Waals surface area contributed by atoms with Crippen LogP contribution >= 0.6 is 0 Å². The number of benzene rings is 1. The molecule has 100 valence electrons. The summed E-state index contributed by atoms with van der Waals surface area (Å²) in [6.45, 7) is 0. The largest absolute Gasteiger partial charge is 0.496 e. The Morgan fingerprint density at radius 3 is 2.78 bits per heavy atom. The van der Waals surface area contributed by atoms with E-state index < -0.39 is 9.84 Å². The first kappa shape index (κ1) is 13.4. The van der Waals surface area contributed by atoms with Gasteiger partial charge in [-0.25, -0.2) is 8.42 Å². The monoisotopic (exact) mass is 269 g/mol. The van der Waals surface area contributed by atoms with Gasteiger partial charge in [-0.1, -0.05) is 18.2 Å². The summed E-state index contributed by atoms with van der Waals surface area (Å²) in [4.78, 5) is 0. The molecule has 0 aliphatic carbocycles. The summed E-state index contributed by atoms with van der Waals surface area (Å²) in [7, 11) is -1.23. The molecular formula is C13H19NO3S. The van der Waals surface area contributed by atoms with Gasteiger partial charge < -0.3 is 10.5 Å². The summed E-state index contributed by atoms with van der Waals surface area (Å²) in [6, 6.07) is 7.60. The molecule has 1 aliphatic heterocycles. The van der Waals surface area contributed by atoms with Crippen LogP contribution in [0.15, 0.2) is 24.3 Å². The van der Waals surface area contributed by atoms with Crippen molar-refractivity contribution in [1.29, 1.82) is 0 Å². The van der Waals surface area contributed by atoms with Crippen molar-refractivity contribution in [3.63, 3.8) is 0 Å². The van der Waals surface area contributed by atoms with Crippen molar-refractivity contribution in [2.75, 3.05) is 18.6 Å². The molecule has 1 aromatic rings. The summed E-state index contributed by atoms with van der Waals surface area (Å²) in [6.07, 6.45) is 1.34. The Bertz CT molecular complexity index is 513. The fraction of sp³-hybridized carbons (Fsp3) is 0.538. The summed E-state index contributed by atoms with van der Waals surface area (Å²) in [5.41, 5.74) is 7.17. The third-order valence-corrected chi connectivity index (χ3v) is 5.32. The van der Waals surface area contributed by atoms with Crippen LogP contribution in [0.3, 0.4) is 0 Å². The number of rotatable bonds is 4. The Hall–Kier alpha value is -1.07. The molecular weight excluding hydrogens is 250 g/mol. The van der Waals surface area contributed by atoms with Crippen LogP contribution < -0.4 is 10.5 Å². The SMILES string of the molecule is COc1ccccc1CC(N)C1CCS(=O)(=O)C1. The lowest BCUT2D eigenvalue weighted by atomic mass is 9.93. The average Bonchev–Trinajstić information content (AvgIpc) is 2.70. The van der Waals surface area contributed by atoms with Gasteiger partial charge in [0.1, 0.15) is 5.75 Å². The molecule has 0 aromatic heterocycles. The van der Waals surface area contributed by atoms with Crippen molar-refractivity contribution in [1.82, 2.24) is 0 Å². The number of hydrogen-bond acceptors (Lipinski definition) is 4. The molecule has 1 saturated heterocycles. The van der Waals surface area contributed by atoms with Crippen LogP contribution in [0.5, 0.6) is 5.75 Å². The zero-order chi connectivity index (χ0) is 13.2. The smallest absolute Gasteiger partial charge is 0.150 e. The van der Waals surface area contributed by atoms with E-state index in [0.717, 1.165) is 11.3 Å². The lowest BCUT2D eigenvalue weighted by Crippen LogP contribution is -2.33. The number of sulfone groups is 1. The zero-order valence-electron chi connectivity index (χ0n) is 10.5. The van der Waals surface area contributed by atoms with E-state index >= 15 is 0 Å². The van der Waals surface area contributed by atoms with Crippen molar-refractivity contribution in [3.8, 4) is 5.75 Å². The van der Waals surface area contributed by atoms with Gasteiger partial charge in [0, 0.05) is 6.04 Å². The fourth-order valence-corrected chi connectivity index (χ4v) is 4.35. The van der Waals surface area contributed by atoms with Crippen LogP contribution in [0.1, 0.15) is 12.0 Å². The molecule has 2 N–H and O–H groups in total. The van der Waals surface area contributed by atoms with E-state index in [1.54, 1.807) is 7.11 Å². The number of para-hydroxylation sites is 1. The Morgan fingerprint density at radius 1 is 1.44 bits per heavy atom. The summed E-state index contributed by atoms with van der Waals surface area (Å²) in [5.74, 6) is 1.38. The molecule has 0 amide bonds. The van der Waals surface area contributed by atoms with Crippen LogP contribution in [0, 0.1) is 5.92 Å². The maximum absolute atomic E-state index is 11.4. The summed E-state index contributed by atoms with van der Waals surface area (Å²) in [5, 5.41) is 0. The zero-order valence-corrected chi connectivity index (χ0v) is 11.3. The number of methoxy groups -OCH3 is 1. The molecule has 0 radical (unpaired) electrons. The van der Waals surface area contributed by atoms with Crippen LogP contribution in [-0.2, 0) is 16.3 Å². The number of hydrogen-bond donors (Lipinski definition) is 1. The van der Waals surface area contributed by atoms with Crippen LogP contribution in [-0.4, -0.2) is 33.1 Å². The second-order valence-corrected chi connectivity index (χ2v) is 7.07. The Balaban J connectivity index is 2.05. The molecule has 1 aliphatic rings. The molecule has 0 saturated carbocycles.